The fraction of sp³-hybridized carbons (Fsp3) is 0.412. The normalized spacial score (nSPS) is 24.3. The molecule has 0 radical (unpaired) electrons. The van der Waals surface area contributed by atoms with E-state index >= 15 is 0 Å². The molecule has 2 fully saturated rings. The molecular weight excluding hydrogens is 532 g/mol. The standard InChI is InChI=1S/C34H40N2O6/c1-5-35-18-16-33(32(38)39,25-12-8-6-9-13-25)22-29(35)34(26-14-10-7-11-15-26)17-19-36(23-34)31(37)24-20-27(40-2)30(42-4)28(21-24)41-3/h6-15,20-21,29H,5,16-19,22-23H2,1-4H3,(H,38,39). The summed E-state index contributed by atoms with van der Waals surface area (Å²) in [6, 6.07) is 23.2. The van der Waals surface area contributed by atoms with Crippen molar-refractivity contribution in [2.75, 3.05) is 47.5 Å². The van der Waals surface area contributed by atoms with E-state index in [1.807, 2.05) is 53.4 Å². The Bertz CT molecular complexity index is 1390. The number of hydrogen-bond acceptors (Lipinski definition) is 6. The van der Waals surface area contributed by atoms with Crippen LogP contribution >= 0.6 is 0 Å². The van der Waals surface area contributed by atoms with Crippen LogP contribution in [0.2, 0.25) is 0 Å². The van der Waals surface area contributed by atoms with Crippen molar-refractivity contribution >= 4 is 11.9 Å². The first-order valence-electron chi connectivity index (χ1n) is 14.5. The number of carboxylic acid groups (broad SMARTS) is 1. The van der Waals surface area contributed by atoms with E-state index in [0.717, 1.165) is 24.1 Å². The third kappa shape index (κ3) is 4.98. The molecule has 8 heteroatoms. The first-order chi connectivity index (χ1) is 20.3. The molecule has 0 bridgehead atoms. The summed E-state index contributed by atoms with van der Waals surface area (Å²) in [6.07, 6.45) is 1.72. The van der Waals surface area contributed by atoms with Crippen LogP contribution in [0.15, 0.2) is 72.8 Å². The summed E-state index contributed by atoms with van der Waals surface area (Å²) < 4.78 is 16.5. The van der Waals surface area contributed by atoms with Gasteiger partial charge in [0.15, 0.2) is 11.5 Å². The van der Waals surface area contributed by atoms with Crippen LogP contribution in [-0.4, -0.2) is 80.3 Å². The predicted molar refractivity (Wildman–Crippen MR) is 161 cm³/mol. The van der Waals surface area contributed by atoms with Gasteiger partial charge in [-0.2, -0.15) is 0 Å². The lowest BCUT2D eigenvalue weighted by atomic mass is 9.62. The van der Waals surface area contributed by atoms with Crippen LogP contribution in [0.25, 0.3) is 0 Å². The number of amides is 1. The second-order valence-electron chi connectivity index (χ2n) is 11.3. The van der Waals surface area contributed by atoms with Crippen molar-refractivity contribution in [3.05, 3.63) is 89.5 Å². The largest absolute Gasteiger partial charge is 0.493 e. The van der Waals surface area contributed by atoms with E-state index in [1.165, 1.54) is 21.3 Å². The number of methoxy groups -OCH3 is 3. The molecule has 222 valence electrons. The summed E-state index contributed by atoms with van der Waals surface area (Å²) in [5, 5.41) is 10.7. The highest BCUT2D eigenvalue weighted by molar-refractivity contribution is 5.96. The van der Waals surface area contributed by atoms with Crippen LogP contribution in [0, 0.1) is 0 Å². The number of carbonyl (C=O) groups is 2. The molecule has 3 aromatic rings. The van der Waals surface area contributed by atoms with Crippen molar-refractivity contribution in [2.45, 2.75) is 43.1 Å². The highest BCUT2D eigenvalue weighted by Crippen LogP contribution is 2.49. The average molecular weight is 573 g/mol. The molecular formula is C34H40N2O6. The molecule has 42 heavy (non-hydrogen) atoms. The van der Waals surface area contributed by atoms with Gasteiger partial charge in [-0.15, -0.1) is 0 Å². The number of hydrogen-bond donors (Lipinski definition) is 1. The lowest BCUT2D eigenvalue weighted by molar-refractivity contribution is -0.147. The maximum Gasteiger partial charge on any atom is 0.314 e. The molecule has 1 N–H and O–H groups in total. The third-order valence-corrected chi connectivity index (χ3v) is 9.44. The van der Waals surface area contributed by atoms with Crippen LogP contribution in [0.4, 0.5) is 0 Å². The van der Waals surface area contributed by atoms with Gasteiger partial charge >= 0.3 is 5.97 Å². The van der Waals surface area contributed by atoms with Crippen molar-refractivity contribution in [1.82, 2.24) is 9.80 Å². The molecule has 0 aliphatic carbocycles. The van der Waals surface area contributed by atoms with Crippen molar-refractivity contribution in [2.24, 2.45) is 0 Å². The summed E-state index contributed by atoms with van der Waals surface area (Å²) >= 11 is 0. The Morgan fingerprint density at radius 2 is 1.45 bits per heavy atom. The minimum absolute atomic E-state index is 0.0901. The first kappa shape index (κ1) is 29.5. The number of likely N-dealkylation sites (N-methyl/N-ethyl adjacent to an activating group) is 1. The van der Waals surface area contributed by atoms with E-state index in [1.54, 1.807) is 12.1 Å². The van der Waals surface area contributed by atoms with E-state index in [-0.39, 0.29) is 11.9 Å². The Hall–Kier alpha value is -4.04. The van der Waals surface area contributed by atoms with Gasteiger partial charge in [-0.3, -0.25) is 14.5 Å². The predicted octanol–water partition coefficient (Wildman–Crippen LogP) is 5.00. The zero-order valence-corrected chi connectivity index (χ0v) is 24.8. The highest BCUT2D eigenvalue weighted by atomic mass is 16.5. The quantitative estimate of drug-likeness (QED) is 0.386. The van der Waals surface area contributed by atoms with E-state index in [9.17, 15) is 14.7 Å². The molecule has 5 rings (SSSR count). The topological polar surface area (TPSA) is 88.5 Å². The average Bonchev–Trinajstić information content (AvgIpc) is 3.50. The minimum atomic E-state index is -1.01. The van der Waals surface area contributed by atoms with Crippen LogP contribution < -0.4 is 14.2 Å². The van der Waals surface area contributed by atoms with Crippen molar-refractivity contribution < 1.29 is 28.9 Å². The number of carboxylic acids is 1. The zero-order chi connectivity index (χ0) is 29.9. The van der Waals surface area contributed by atoms with Gasteiger partial charge in [0.2, 0.25) is 5.75 Å². The Morgan fingerprint density at radius 3 is 1.98 bits per heavy atom. The molecule has 0 spiro atoms. The van der Waals surface area contributed by atoms with Gasteiger partial charge in [0.25, 0.3) is 5.91 Å². The second-order valence-corrected chi connectivity index (χ2v) is 11.3. The molecule has 2 aliphatic heterocycles. The number of carbonyl (C=O) groups excluding carboxylic acids is 1. The number of rotatable bonds is 9. The van der Waals surface area contributed by atoms with Gasteiger partial charge in [0, 0.05) is 30.1 Å². The fourth-order valence-electron chi connectivity index (χ4n) is 7.18. The zero-order valence-electron chi connectivity index (χ0n) is 24.8. The van der Waals surface area contributed by atoms with Crippen LogP contribution in [-0.2, 0) is 15.6 Å². The molecule has 3 atom stereocenters. The van der Waals surface area contributed by atoms with Gasteiger partial charge < -0.3 is 24.2 Å². The number of likely N-dealkylation sites (tertiary alicyclic amines) is 2. The summed E-state index contributed by atoms with van der Waals surface area (Å²) in [4.78, 5) is 31.5. The first-order valence-corrected chi connectivity index (χ1v) is 14.5. The Morgan fingerprint density at radius 1 is 0.857 bits per heavy atom. The monoisotopic (exact) mass is 572 g/mol. The molecule has 1 amide bonds. The molecule has 2 heterocycles. The molecule has 8 nitrogen and oxygen atoms in total. The summed E-state index contributed by atoms with van der Waals surface area (Å²) in [6.45, 7) is 4.61. The van der Waals surface area contributed by atoms with Crippen LogP contribution in [0.3, 0.4) is 0 Å². The second kappa shape index (κ2) is 12.1. The number of nitrogens with zero attached hydrogens (tertiary/aromatic N) is 2. The Labute approximate surface area is 247 Å². The van der Waals surface area contributed by atoms with Gasteiger partial charge in [0.1, 0.15) is 0 Å². The Kier molecular flexibility index (Phi) is 8.45. The van der Waals surface area contributed by atoms with Crippen molar-refractivity contribution in [3.8, 4) is 17.2 Å². The Balaban J connectivity index is 1.57. The highest BCUT2D eigenvalue weighted by Gasteiger charge is 2.56. The molecule has 2 saturated heterocycles. The fourth-order valence-corrected chi connectivity index (χ4v) is 7.18. The number of aliphatic carboxylic acids is 1. The van der Waals surface area contributed by atoms with E-state index in [4.69, 9.17) is 14.2 Å². The maximum atomic E-state index is 14.1. The number of benzene rings is 3. The molecule has 0 saturated carbocycles. The molecule has 3 aromatic carbocycles. The van der Waals surface area contributed by atoms with Crippen LogP contribution in [0.5, 0.6) is 17.2 Å². The minimum Gasteiger partial charge on any atom is -0.493 e. The smallest absolute Gasteiger partial charge is 0.314 e. The lowest BCUT2D eigenvalue weighted by Crippen LogP contribution is -2.60. The third-order valence-electron chi connectivity index (χ3n) is 9.44. The maximum absolute atomic E-state index is 14.1. The SMILES string of the molecule is CCN1CCC(C(=O)O)(c2ccccc2)CC1C1(c2ccccc2)CCN(C(=O)c2cc(OC)c(OC)c(OC)c2)C1. The van der Waals surface area contributed by atoms with Crippen molar-refractivity contribution in [3.63, 3.8) is 0 Å². The number of piperidine rings is 1. The van der Waals surface area contributed by atoms with E-state index in [0.29, 0.717) is 55.3 Å². The van der Waals surface area contributed by atoms with Crippen molar-refractivity contribution in [1.29, 1.82) is 0 Å². The summed E-state index contributed by atoms with van der Waals surface area (Å²) in [5.41, 5.74) is 0.956. The summed E-state index contributed by atoms with van der Waals surface area (Å²) in [7, 11) is 4.60. The molecule has 2 aliphatic rings. The van der Waals surface area contributed by atoms with Gasteiger partial charge in [-0.05, 0) is 55.6 Å². The molecule has 3 unspecified atom stereocenters. The van der Waals surface area contributed by atoms with Gasteiger partial charge in [-0.1, -0.05) is 67.6 Å². The summed E-state index contributed by atoms with van der Waals surface area (Å²) in [5.74, 6) is 0.363. The van der Waals surface area contributed by atoms with E-state index < -0.39 is 16.8 Å². The van der Waals surface area contributed by atoms with Gasteiger partial charge in [-0.25, -0.2) is 0 Å². The lowest BCUT2D eigenvalue weighted by Gasteiger charge is -2.52. The molecule has 0 aromatic heterocycles. The van der Waals surface area contributed by atoms with E-state index in [2.05, 4.69) is 24.0 Å². The van der Waals surface area contributed by atoms with Gasteiger partial charge in [0.05, 0.1) is 26.7 Å². The van der Waals surface area contributed by atoms with Crippen LogP contribution in [0.1, 0.15) is 47.7 Å². The number of ether oxygens (including phenoxy) is 3.